The predicted octanol–water partition coefficient (Wildman–Crippen LogP) is -1.81. The summed E-state index contributed by atoms with van der Waals surface area (Å²) in [7, 11) is 2.22. The summed E-state index contributed by atoms with van der Waals surface area (Å²) >= 11 is 0. The van der Waals surface area contributed by atoms with Gasteiger partial charge >= 0.3 is 11.9 Å². The van der Waals surface area contributed by atoms with Gasteiger partial charge in [0, 0.05) is 14.0 Å². The first kappa shape index (κ1) is 14.8. The van der Waals surface area contributed by atoms with Crippen LogP contribution in [0, 0.1) is 0 Å². The number of hydrogen-bond acceptors (Lipinski definition) is 8. The number of methoxy groups -OCH3 is 2. The van der Waals surface area contributed by atoms with Gasteiger partial charge in [-0.05, 0) is 0 Å². The molecule has 0 aromatic heterocycles. The summed E-state index contributed by atoms with van der Waals surface area (Å²) in [6.07, 6.45) is -4.31. The minimum Gasteiger partial charge on any atom is -0.465 e. The van der Waals surface area contributed by atoms with Gasteiger partial charge in [-0.25, -0.2) is 4.79 Å². The highest BCUT2D eigenvalue weighted by Crippen LogP contribution is 2.30. The monoisotopic (exact) mass is 264 g/mol. The van der Waals surface area contributed by atoms with Crippen LogP contribution in [0.3, 0.4) is 0 Å². The van der Waals surface area contributed by atoms with Crippen LogP contribution in [0.4, 0.5) is 0 Å². The van der Waals surface area contributed by atoms with Crippen LogP contribution in [0.2, 0.25) is 0 Å². The van der Waals surface area contributed by atoms with Crippen molar-refractivity contribution in [3.05, 3.63) is 0 Å². The SMILES string of the molecule is COC(=O)[C@@]1(OC)OC[C@H](O)[C@@H](OC(C)=O)[C@H]1O. The van der Waals surface area contributed by atoms with E-state index in [1.54, 1.807) is 0 Å². The summed E-state index contributed by atoms with van der Waals surface area (Å²) < 4.78 is 19.1. The minimum absolute atomic E-state index is 0.349. The van der Waals surface area contributed by atoms with Crippen LogP contribution < -0.4 is 0 Å². The molecule has 0 aromatic rings. The Hall–Kier alpha value is -1.22. The molecule has 0 bridgehead atoms. The Morgan fingerprint density at radius 1 is 1.33 bits per heavy atom. The Bertz CT molecular complexity index is 330. The van der Waals surface area contributed by atoms with Crippen LogP contribution in [0.5, 0.6) is 0 Å². The van der Waals surface area contributed by atoms with Crippen LogP contribution in [-0.2, 0) is 28.5 Å². The molecule has 1 rings (SSSR count). The number of esters is 2. The van der Waals surface area contributed by atoms with Gasteiger partial charge in [-0.3, -0.25) is 4.79 Å². The zero-order valence-electron chi connectivity index (χ0n) is 10.3. The highest BCUT2D eigenvalue weighted by Gasteiger charge is 2.58. The lowest BCUT2D eigenvalue weighted by Gasteiger charge is -2.42. The van der Waals surface area contributed by atoms with E-state index in [2.05, 4.69) is 4.74 Å². The third kappa shape index (κ3) is 2.46. The molecule has 1 saturated heterocycles. The summed E-state index contributed by atoms with van der Waals surface area (Å²) in [4.78, 5) is 22.5. The summed E-state index contributed by atoms with van der Waals surface area (Å²) in [5.41, 5.74) is 0. The number of hydrogen-bond donors (Lipinski definition) is 2. The zero-order valence-corrected chi connectivity index (χ0v) is 10.3. The first-order valence-corrected chi connectivity index (χ1v) is 5.20. The van der Waals surface area contributed by atoms with Crippen molar-refractivity contribution in [3.8, 4) is 0 Å². The fourth-order valence-corrected chi connectivity index (χ4v) is 1.74. The molecule has 1 heterocycles. The number of aliphatic hydroxyl groups is 2. The van der Waals surface area contributed by atoms with Crippen LogP contribution in [0.15, 0.2) is 0 Å². The van der Waals surface area contributed by atoms with Crippen molar-refractivity contribution in [2.24, 2.45) is 0 Å². The number of ether oxygens (including phenoxy) is 4. The number of aliphatic hydroxyl groups excluding tert-OH is 2. The van der Waals surface area contributed by atoms with Crippen LogP contribution in [0.1, 0.15) is 6.92 Å². The Balaban J connectivity index is 3.01. The summed E-state index contributed by atoms with van der Waals surface area (Å²) in [6.45, 7) is 0.763. The van der Waals surface area contributed by atoms with Gasteiger partial charge in [0.05, 0.1) is 13.7 Å². The number of rotatable bonds is 3. The van der Waals surface area contributed by atoms with E-state index in [1.807, 2.05) is 0 Å². The van der Waals surface area contributed by atoms with Crippen molar-refractivity contribution in [3.63, 3.8) is 0 Å². The second kappa shape index (κ2) is 5.61. The van der Waals surface area contributed by atoms with Crippen LogP contribution in [0.25, 0.3) is 0 Å². The molecular formula is C10H16O8. The van der Waals surface area contributed by atoms with E-state index in [-0.39, 0.29) is 6.61 Å². The van der Waals surface area contributed by atoms with Gasteiger partial charge in [-0.15, -0.1) is 0 Å². The fourth-order valence-electron chi connectivity index (χ4n) is 1.74. The standard InChI is InChI=1S/C10H16O8/c1-5(11)18-7-6(12)4-17-10(16-3,8(7)13)9(14)15-2/h6-8,12-13H,4H2,1-3H3/t6-,7+,8+,10-/m0/s1. The fraction of sp³-hybridized carbons (Fsp3) is 0.800. The maximum absolute atomic E-state index is 11.6. The molecule has 0 aliphatic carbocycles. The van der Waals surface area contributed by atoms with E-state index in [0.717, 1.165) is 21.1 Å². The van der Waals surface area contributed by atoms with E-state index in [1.165, 1.54) is 0 Å². The first-order valence-electron chi connectivity index (χ1n) is 5.20. The van der Waals surface area contributed by atoms with Crippen molar-refractivity contribution < 1.29 is 38.7 Å². The predicted molar refractivity (Wildman–Crippen MR) is 55.3 cm³/mol. The lowest BCUT2D eigenvalue weighted by molar-refractivity contribution is -0.322. The van der Waals surface area contributed by atoms with Crippen molar-refractivity contribution in [2.45, 2.75) is 31.0 Å². The molecule has 8 heteroatoms. The average Bonchev–Trinajstić information content (AvgIpc) is 2.34. The van der Waals surface area contributed by atoms with E-state index >= 15 is 0 Å². The second-order valence-electron chi connectivity index (χ2n) is 3.76. The van der Waals surface area contributed by atoms with E-state index in [0.29, 0.717) is 0 Å². The number of carbonyl (C=O) groups excluding carboxylic acids is 2. The third-order valence-corrected chi connectivity index (χ3v) is 2.62. The van der Waals surface area contributed by atoms with Crippen molar-refractivity contribution in [1.82, 2.24) is 0 Å². The Labute approximate surface area is 103 Å². The molecule has 0 aromatic carbocycles. The smallest absolute Gasteiger partial charge is 0.369 e. The van der Waals surface area contributed by atoms with Gasteiger partial charge in [-0.1, -0.05) is 0 Å². The van der Waals surface area contributed by atoms with Gasteiger partial charge in [0.25, 0.3) is 5.79 Å². The quantitative estimate of drug-likeness (QED) is 0.573. The molecule has 104 valence electrons. The molecule has 0 radical (unpaired) electrons. The van der Waals surface area contributed by atoms with E-state index < -0.39 is 36.0 Å². The summed E-state index contributed by atoms with van der Waals surface area (Å²) in [5.74, 6) is -3.81. The second-order valence-corrected chi connectivity index (χ2v) is 3.76. The molecule has 2 N–H and O–H groups in total. The van der Waals surface area contributed by atoms with Gasteiger partial charge in [-0.2, -0.15) is 0 Å². The van der Waals surface area contributed by atoms with E-state index in [9.17, 15) is 19.8 Å². The Morgan fingerprint density at radius 2 is 1.94 bits per heavy atom. The van der Waals surface area contributed by atoms with Crippen LogP contribution in [-0.4, -0.2) is 67.1 Å². The molecular weight excluding hydrogens is 248 g/mol. The highest BCUT2D eigenvalue weighted by atomic mass is 16.7. The zero-order chi connectivity index (χ0) is 13.9. The topological polar surface area (TPSA) is 112 Å². The van der Waals surface area contributed by atoms with Crippen LogP contribution >= 0.6 is 0 Å². The molecule has 8 nitrogen and oxygen atoms in total. The van der Waals surface area contributed by atoms with Crippen molar-refractivity contribution >= 4 is 11.9 Å². The van der Waals surface area contributed by atoms with Crippen molar-refractivity contribution in [2.75, 3.05) is 20.8 Å². The van der Waals surface area contributed by atoms with Gasteiger partial charge in [0.15, 0.2) is 12.2 Å². The third-order valence-electron chi connectivity index (χ3n) is 2.62. The van der Waals surface area contributed by atoms with Gasteiger partial charge in [0.2, 0.25) is 0 Å². The lowest BCUT2D eigenvalue weighted by atomic mass is 9.96. The maximum Gasteiger partial charge on any atom is 0.369 e. The highest BCUT2D eigenvalue weighted by molar-refractivity contribution is 5.79. The molecule has 0 unspecified atom stereocenters. The summed E-state index contributed by atoms with van der Waals surface area (Å²) in [6, 6.07) is 0. The molecule has 1 aliphatic heterocycles. The largest absolute Gasteiger partial charge is 0.465 e. The van der Waals surface area contributed by atoms with Gasteiger partial charge in [0.1, 0.15) is 6.10 Å². The summed E-state index contributed by atoms with van der Waals surface area (Å²) in [5, 5.41) is 19.6. The number of carbonyl (C=O) groups is 2. The minimum atomic E-state index is -2.12. The normalized spacial score (nSPS) is 35.9. The molecule has 1 fully saturated rings. The first-order chi connectivity index (χ1) is 8.39. The van der Waals surface area contributed by atoms with E-state index in [4.69, 9.17) is 14.2 Å². The average molecular weight is 264 g/mol. The van der Waals surface area contributed by atoms with Crippen molar-refractivity contribution in [1.29, 1.82) is 0 Å². The molecule has 18 heavy (non-hydrogen) atoms. The van der Waals surface area contributed by atoms with Gasteiger partial charge < -0.3 is 29.2 Å². The molecule has 4 atom stereocenters. The molecule has 0 amide bonds. The molecule has 1 aliphatic rings. The lowest BCUT2D eigenvalue weighted by Crippen LogP contribution is -2.66. The maximum atomic E-state index is 11.6. The Morgan fingerprint density at radius 3 is 2.39 bits per heavy atom. The Kier molecular flexibility index (Phi) is 4.63. The molecule has 0 spiro atoms. The molecule has 0 saturated carbocycles.